The van der Waals surface area contributed by atoms with Crippen LogP contribution in [0.25, 0.3) is 5.57 Å². The first-order chi connectivity index (χ1) is 9.81. The molecule has 0 N–H and O–H groups in total. The molecule has 1 heterocycles. The number of para-hydroxylation sites is 1. The van der Waals surface area contributed by atoms with Crippen molar-refractivity contribution in [1.29, 1.82) is 0 Å². The summed E-state index contributed by atoms with van der Waals surface area (Å²) in [6.45, 7) is 2.18. The van der Waals surface area contributed by atoms with E-state index in [1.165, 1.54) is 11.1 Å². The molecule has 0 aromatic heterocycles. The molecule has 0 fully saturated rings. The predicted molar refractivity (Wildman–Crippen MR) is 83.0 cm³/mol. The standard InChI is InChI=1S/C18H19NO/c1-19-13-5-6-16(14-19)15-9-11-18(12-10-15)20-17-7-3-2-4-8-17/h2-4,6-12H,5,13-14H2,1H3. The maximum atomic E-state index is 5.81. The van der Waals surface area contributed by atoms with Crippen molar-refractivity contribution in [3.8, 4) is 11.5 Å². The number of ether oxygens (including phenoxy) is 1. The van der Waals surface area contributed by atoms with Crippen LogP contribution in [0.1, 0.15) is 12.0 Å². The van der Waals surface area contributed by atoms with Gasteiger partial charge in [-0.15, -0.1) is 0 Å². The highest BCUT2D eigenvalue weighted by molar-refractivity contribution is 5.68. The van der Waals surface area contributed by atoms with E-state index in [4.69, 9.17) is 4.74 Å². The van der Waals surface area contributed by atoms with E-state index in [0.717, 1.165) is 31.0 Å². The quantitative estimate of drug-likeness (QED) is 0.824. The molecule has 20 heavy (non-hydrogen) atoms. The Kier molecular flexibility index (Phi) is 3.84. The van der Waals surface area contributed by atoms with Gasteiger partial charge in [-0.25, -0.2) is 0 Å². The Morgan fingerprint density at radius 3 is 2.30 bits per heavy atom. The molecular formula is C18H19NO. The molecule has 3 rings (SSSR count). The maximum Gasteiger partial charge on any atom is 0.127 e. The molecule has 0 unspecified atom stereocenters. The third-order valence-corrected chi connectivity index (χ3v) is 3.55. The summed E-state index contributed by atoms with van der Waals surface area (Å²) in [6, 6.07) is 18.2. The van der Waals surface area contributed by atoms with E-state index in [9.17, 15) is 0 Å². The minimum absolute atomic E-state index is 0.872. The van der Waals surface area contributed by atoms with Gasteiger partial charge in [0.25, 0.3) is 0 Å². The van der Waals surface area contributed by atoms with Crippen LogP contribution in [0.5, 0.6) is 11.5 Å². The molecule has 2 aromatic carbocycles. The van der Waals surface area contributed by atoms with E-state index in [2.05, 4.69) is 30.2 Å². The average Bonchev–Trinajstić information content (AvgIpc) is 2.49. The van der Waals surface area contributed by atoms with Crippen LogP contribution in [-0.2, 0) is 0 Å². The Hall–Kier alpha value is -2.06. The van der Waals surface area contributed by atoms with E-state index < -0.39 is 0 Å². The van der Waals surface area contributed by atoms with Gasteiger partial charge < -0.3 is 9.64 Å². The van der Waals surface area contributed by atoms with E-state index in [1.54, 1.807) is 0 Å². The van der Waals surface area contributed by atoms with Crippen LogP contribution < -0.4 is 4.74 Å². The van der Waals surface area contributed by atoms with Gasteiger partial charge in [0.05, 0.1) is 0 Å². The molecule has 0 aliphatic carbocycles. The average molecular weight is 265 g/mol. The van der Waals surface area contributed by atoms with Crippen LogP contribution in [0.4, 0.5) is 0 Å². The number of likely N-dealkylation sites (N-methyl/N-ethyl adjacent to an activating group) is 1. The lowest BCUT2D eigenvalue weighted by Crippen LogP contribution is -2.24. The molecule has 2 aromatic rings. The fraction of sp³-hybridized carbons (Fsp3) is 0.222. The number of hydrogen-bond donors (Lipinski definition) is 0. The Morgan fingerprint density at radius 2 is 1.60 bits per heavy atom. The van der Waals surface area contributed by atoms with Gasteiger partial charge in [-0.05, 0) is 48.9 Å². The van der Waals surface area contributed by atoms with Crippen LogP contribution in [0.3, 0.4) is 0 Å². The molecule has 0 bridgehead atoms. The van der Waals surface area contributed by atoms with Crippen LogP contribution in [0, 0.1) is 0 Å². The van der Waals surface area contributed by atoms with Gasteiger partial charge in [0.15, 0.2) is 0 Å². The molecule has 102 valence electrons. The zero-order valence-electron chi connectivity index (χ0n) is 11.8. The minimum Gasteiger partial charge on any atom is -0.457 e. The molecular weight excluding hydrogens is 246 g/mol. The van der Waals surface area contributed by atoms with Crippen LogP contribution in [0.15, 0.2) is 60.7 Å². The van der Waals surface area contributed by atoms with Crippen molar-refractivity contribution < 1.29 is 4.74 Å². The highest BCUT2D eigenvalue weighted by atomic mass is 16.5. The van der Waals surface area contributed by atoms with Gasteiger partial charge in [-0.2, -0.15) is 0 Å². The molecule has 0 radical (unpaired) electrons. The molecule has 0 saturated heterocycles. The van der Waals surface area contributed by atoms with Gasteiger partial charge >= 0.3 is 0 Å². The number of rotatable bonds is 3. The monoisotopic (exact) mass is 265 g/mol. The van der Waals surface area contributed by atoms with Crippen molar-refractivity contribution in [2.45, 2.75) is 6.42 Å². The first-order valence-corrected chi connectivity index (χ1v) is 7.02. The summed E-state index contributed by atoms with van der Waals surface area (Å²) < 4.78 is 5.81. The highest BCUT2D eigenvalue weighted by Crippen LogP contribution is 2.25. The zero-order valence-corrected chi connectivity index (χ0v) is 11.8. The van der Waals surface area contributed by atoms with Crippen LogP contribution in [-0.4, -0.2) is 25.0 Å². The summed E-state index contributed by atoms with van der Waals surface area (Å²) >= 11 is 0. The fourth-order valence-electron chi connectivity index (χ4n) is 2.46. The van der Waals surface area contributed by atoms with Crippen LogP contribution in [0.2, 0.25) is 0 Å². The second-order valence-corrected chi connectivity index (χ2v) is 5.20. The molecule has 1 aliphatic heterocycles. The third kappa shape index (κ3) is 3.09. The van der Waals surface area contributed by atoms with E-state index >= 15 is 0 Å². The molecule has 0 spiro atoms. The zero-order chi connectivity index (χ0) is 13.8. The minimum atomic E-state index is 0.872. The Labute approximate surface area is 120 Å². The van der Waals surface area contributed by atoms with Gasteiger partial charge in [-0.1, -0.05) is 36.4 Å². The summed E-state index contributed by atoms with van der Waals surface area (Å²) in [6.07, 6.45) is 3.47. The maximum absolute atomic E-state index is 5.81. The molecule has 0 atom stereocenters. The lowest BCUT2D eigenvalue weighted by molar-refractivity contribution is 0.373. The summed E-state index contributed by atoms with van der Waals surface area (Å²) in [7, 11) is 2.17. The smallest absolute Gasteiger partial charge is 0.127 e. The number of hydrogen-bond acceptors (Lipinski definition) is 2. The second-order valence-electron chi connectivity index (χ2n) is 5.20. The highest BCUT2D eigenvalue weighted by Gasteiger charge is 2.10. The van der Waals surface area contributed by atoms with E-state index in [1.807, 2.05) is 42.5 Å². The van der Waals surface area contributed by atoms with Crippen molar-refractivity contribution in [2.24, 2.45) is 0 Å². The molecule has 0 saturated carbocycles. The third-order valence-electron chi connectivity index (χ3n) is 3.55. The molecule has 2 nitrogen and oxygen atoms in total. The lowest BCUT2D eigenvalue weighted by atomic mass is 10.0. The topological polar surface area (TPSA) is 12.5 Å². The first-order valence-electron chi connectivity index (χ1n) is 7.02. The Balaban J connectivity index is 1.73. The van der Waals surface area contributed by atoms with Crippen molar-refractivity contribution in [3.05, 3.63) is 66.2 Å². The largest absolute Gasteiger partial charge is 0.457 e. The SMILES string of the molecule is CN1CCC=C(c2ccc(Oc3ccccc3)cc2)C1. The summed E-state index contributed by atoms with van der Waals surface area (Å²) in [5, 5.41) is 0. The lowest BCUT2D eigenvalue weighted by Gasteiger charge is -2.23. The van der Waals surface area contributed by atoms with Gasteiger partial charge in [0.2, 0.25) is 0 Å². The fourth-order valence-corrected chi connectivity index (χ4v) is 2.46. The molecule has 1 aliphatic rings. The van der Waals surface area contributed by atoms with E-state index in [-0.39, 0.29) is 0 Å². The molecule has 2 heteroatoms. The van der Waals surface area contributed by atoms with Gasteiger partial charge in [0, 0.05) is 13.1 Å². The van der Waals surface area contributed by atoms with Crippen molar-refractivity contribution in [3.63, 3.8) is 0 Å². The van der Waals surface area contributed by atoms with Gasteiger partial charge in [0.1, 0.15) is 11.5 Å². The van der Waals surface area contributed by atoms with Gasteiger partial charge in [-0.3, -0.25) is 0 Å². The summed E-state index contributed by atoms with van der Waals surface area (Å²) in [4.78, 5) is 2.35. The number of benzene rings is 2. The Morgan fingerprint density at radius 1 is 0.900 bits per heavy atom. The van der Waals surface area contributed by atoms with Crippen molar-refractivity contribution >= 4 is 5.57 Å². The van der Waals surface area contributed by atoms with Crippen LogP contribution >= 0.6 is 0 Å². The second kappa shape index (κ2) is 5.93. The molecule has 0 amide bonds. The van der Waals surface area contributed by atoms with E-state index in [0.29, 0.717) is 0 Å². The van der Waals surface area contributed by atoms with Crippen molar-refractivity contribution in [2.75, 3.05) is 20.1 Å². The summed E-state index contributed by atoms with van der Waals surface area (Å²) in [5.41, 5.74) is 2.70. The summed E-state index contributed by atoms with van der Waals surface area (Å²) in [5.74, 6) is 1.75. The van der Waals surface area contributed by atoms with Crippen molar-refractivity contribution in [1.82, 2.24) is 4.90 Å². The number of nitrogens with zero attached hydrogens (tertiary/aromatic N) is 1. The Bertz CT molecular complexity index is 587. The predicted octanol–water partition coefficient (Wildman–Crippen LogP) is 4.20. The first kappa shape index (κ1) is 12.9. The normalized spacial score (nSPS) is 15.8.